The number of amides is 2. The molecule has 0 aliphatic carbocycles. The van der Waals surface area contributed by atoms with Crippen LogP contribution in [0.3, 0.4) is 0 Å². The van der Waals surface area contributed by atoms with Crippen LogP contribution in [0.15, 0.2) is 0 Å². The van der Waals surface area contributed by atoms with Crippen molar-refractivity contribution >= 4 is 6.03 Å². The molecule has 0 saturated carbocycles. The molecule has 2 fully saturated rings. The largest absolute Gasteiger partial charge is 0.328 e. The number of rotatable bonds is 4. The Labute approximate surface area is 111 Å². The molecule has 2 saturated heterocycles. The Morgan fingerprint density at radius 2 is 1.83 bits per heavy atom. The fraction of sp³-hybridized carbons (Fsp3) is 0.929. The third-order valence-electron chi connectivity index (χ3n) is 4.40. The monoisotopic (exact) mass is 253 g/mol. The number of nitrogens with zero attached hydrogens (tertiary/aromatic N) is 2. The highest BCUT2D eigenvalue weighted by Crippen LogP contribution is 2.30. The van der Waals surface area contributed by atoms with E-state index in [1.54, 1.807) is 0 Å². The predicted molar refractivity (Wildman–Crippen MR) is 73.7 cm³/mol. The molecule has 104 valence electrons. The summed E-state index contributed by atoms with van der Waals surface area (Å²) in [6.45, 7) is 5.88. The lowest BCUT2D eigenvalue weighted by atomic mass is 9.98. The van der Waals surface area contributed by atoms with Crippen LogP contribution in [0.2, 0.25) is 0 Å². The van der Waals surface area contributed by atoms with Crippen LogP contribution in [0.25, 0.3) is 0 Å². The van der Waals surface area contributed by atoms with E-state index in [1.165, 1.54) is 12.8 Å². The minimum Gasteiger partial charge on any atom is -0.328 e. The number of carbonyl (C=O) groups excluding carboxylic acids is 1. The van der Waals surface area contributed by atoms with Crippen molar-refractivity contribution in [1.29, 1.82) is 0 Å². The van der Waals surface area contributed by atoms with Crippen LogP contribution in [0.5, 0.6) is 0 Å². The summed E-state index contributed by atoms with van der Waals surface area (Å²) in [6.07, 6.45) is 5.90. The van der Waals surface area contributed by atoms with Gasteiger partial charge in [0.25, 0.3) is 0 Å². The summed E-state index contributed by atoms with van der Waals surface area (Å²) in [7, 11) is 1.90. The summed E-state index contributed by atoms with van der Waals surface area (Å²) in [5.41, 5.74) is 0. The highest BCUT2D eigenvalue weighted by atomic mass is 16.2. The average molecular weight is 253 g/mol. The molecule has 4 nitrogen and oxygen atoms in total. The van der Waals surface area contributed by atoms with Crippen molar-refractivity contribution in [3.63, 3.8) is 0 Å². The molecule has 0 aromatic heterocycles. The number of urea groups is 1. The summed E-state index contributed by atoms with van der Waals surface area (Å²) in [6, 6.07) is 1.96. The lowest BCUT2D eigenvalue weighted by Gasteiger charge is -2.39. The van der Waals surface area contributed by atoms with Gasteiger partial charge in [-0.25, -0.2) is 4.79 Å². The van der Waals surface area contributed by atoms with E-state index in [4.69, 9.17) is 0 Å². The van der Waals surface area contributed by atoms with E-state index < -0.39 is 0 Å². The van der Waals surface area contributed by atoms with Gasteiger partial charge in [0.05, 0.1) is 0 Å². The first kappa shape index (κ1) is 13.7. The number of carbonyl (C=O) groups is 1. The molecule has 2 aliphatic rings. The first-order valence-corrected chi connectivity index (χ1v) is 7.43. The second-order valence-electron chi connectivity index (χ2n) is 5.75. The van der Waals surface area contributed by atoms with Gasteiger partial charge in [-0.15, -0.1) is 0 Å². The van der Waals surface area contributed by atoms with Gasteiger partial charge in [0.2, 0.25) is 0 Å². The maximum absolute atomic E-state index is 12.4. The molecule has 2 rings (SSSR count). The lowest BCUT2D eigenvalue weighted by molar-refractivity contribution is 0.122. The zero-order valence-corrected chi connectivity index (χ0v) is 12.0. The van der Waals surface area contributed by atoms with Gasteiger partial charge in [0, 0.05) is 38.3 Å². The molecule has 0 aromatic rings. The minimum atomic E-state index is 0.214. The molecule has 18 heavy (non-hydrogen) atoms. The quantitative estimate of drug-likeness (QED) is 0.832. The Bertz CT molecular complexity index is 283. The van der Waals surface area contributed by atoms with Gasteiger partial charge < -0.3 is 15.1 Å². The summed E-state index contributed by atoms with van der Waals surface area (Å²) >= 11 is 0. The Kier molecular flexibility index (Phi) is 4.49. The summed E-state index contributed by atoms with van der Waals surface area (Å²) < 4.78 is 0. The third kappa shape index (κ3) is 2.79. The van der Waals surface area contributed by atoms with Gasteiger partial charge >= 0.3 is 6.03 Å². The van der Waals surface area contributed by atoms with Crippen molar-refractivity contribution in [1.82, 2.24) is 15.1 Å². The fourth-order valence-electron chi connectivity index (χ4n) is 3.31. The third-order valence-corrected chi connectivity index (χ3v) is 4.40. The number of piperidine rings is 1. The van der Waals surface area contributed by atoms with Gasteiger partial charge in [-0.1, -0.05) is 6.92 Å². The van der Waals surface area contributed by atoms with Gasteiger partial charge in [-0.05, 0) is 39.0 Å². The molecule has 2 atom stereocenters. The predicted octanol–water partition coefficient (Wildman–Crippen LogP) is 2.05. The smallest absolute Gasteiger partial charge is 0.319 e. The molecule has 2 heterocycles. The first-order valence-electron chi connectivity index (χ1n) is 7.43. The van der Waals surface area contributed by atoms with E-state index in [2.05, 4.69) is 17.1 Å². The van der Waals surface area contributed by atoms with Gasteiger partial charge in [0.1, 0.15) is 0 Å². The van der Waals surface area contributed by atoms with Gasteiger partial charge in [-0.3, -0.25) is 0 Å². The van der Waals surface area contributed by atoms with E-state index in [0.29, 0.717) is 18.1 Å². The normalized spacial score (nSPS) is 30.3. The Balaban J connectivity index is 2.02. The van der Waals surface area contributed by atoms with Crippen molar-refractivity contribution in [3.05, 3.63) is 0 Å². The summed E-state index contributed by atoms with van der Waals surface area (Å²) in [5.74, 6) is 0. The van der Waals surface area contributed by atoms with Crippen LogP contribution in [0.1, 0.15) is 46.0 Å². The molecule has 1 N–H and O–H groups in total. The van der Waals surface area contributed by atoms with Gasteiger partial charge in [0.15, 0.2) is 0 Å². The highest BCUT2D eigenvalue weighted by molar-refractivity contribution is 5.74. The Hall–Kier alpha value is -0.770. The van der Waals surface area contributed by atoms with Crippen molar-refractivity contribution in [2.45, 2.75) is 64.1 Å². The Morgan fingerprint density at radius 3 is 2.33 bits per heavy atom. The van der Waals surface area contributed by atoms with E-state index in [-0.39, 0.29) is 6.03 Å². The maximum Gasteiger partial charge on any atom is 0.319 e. The Morgan fingerprint density at radius 1 is 1.22 bits per heavy atom. The van der Waals surface area contributed by atoms with Crippen LogP contribution in [-0.2, 0) is 0 Å². The number of hydrogen-bond donors (Lipinski definition) is 1. The zero-order valence-electron chi connectivity index (χ0n) is 12.0. The maximum atomic E-state index is 12.4. The van der Waals surface area contributed by atoms with Crippen molar-refractivity contribution in [3.8, 4) is 0 Å². The molecule has 0 spiro atoms. The van der Waals surface area contributed by atoms with Crippen molar-refractivity contribution < 1.29 is 4.79 Å². The highest BCUT2D eigenvalue weighted by Gasteiger charge is 2.37. The molecule has 2 amide bonds. The molecular weight excluding hydrogens is 226 g/mol. The molecule has 0 aromatic carbocycles. The van der Waals surface area contributed by atoms with E-state index in [1.807, 2.05) is 18.9 Å². The molecule has 2 bridgehead atoms. The topological polar surface area (TPSA) is 35.6 Å². The van der Waals surface area contributed by atoms with Crippen LogP contribution in [-0.4, -0.2) is 54.1 Å². The van der Waals surface area contributed by atoms with E-state index >= 15 is 0 Å². The summed E-state index contributed by atoms with van der Waals surface area (Å²) in [4.78, 5) is 16.4. The number of hydrogen-bond acceptors (Lipinski definition) is 2. The van der Waals surface area contributed by atoms with E-state index in [9.17, 15) is 4.79 Å². The minimum absolute atomic E-state index is 0.214. The van der Waals surface area contributed by atoms with Crippen LogP contribution < -0.4 is 5.32 Å². The standard InChI is InChI=1S/C14H27N3O/c1-4-8-17(14(18)16(3)5-2)13-9-11-6-7-12(10-13)15-11/h11-13,15H,4-10H2,1-3H3. The van der Waals surface area contributed by atoms with E-state index in [0.717, 1.165) is 32.4 Å². The van der Waals surface area contributed by atoms with Crippen LogP contribution in [0.4, 0.5) is 4.79 Å². The molecule has 4 heteroatoms. The van der Waals surface area contributed by atoms with Crippen LogP contribution in [0, 0.1) is 0 Å². The van der Waals surface area contributed by atoms with Crippen molar-refractivity contribution in [2.75, 3.05) is 20.1 Å². The molecule has 2 aliphatic heterocycles. The number of fused-ring (bicyclic) bond motifs is 2. The molecular formula is C14H27N3O. The van der Waals surface area contributed by atoms with Crippen LogP contribution >= 0.6 is 0 Å². The zero-order chi connectivity index (χ0) is 13.1. The number of nitrogens with one attached hydrogen (secondary N) is 1. The second kappa shape index (κ2) is 5.91. The van der Waals surface area contributed by atoms with Crippen molar-refractivity contribution in [2.24, 2.45) is 0 Å². The molecule has 2 unspecified atom stereocenters. The first-order chi connectivity index (χ1) is 8.65. The lowest BCUT2D eigenvalue weighted by Crippen LogP contribution is -2.53. The average Bonchev–Trinajstić information content (AvgIpc) is 2.73. The second-order valence-corrected chi connectivity index (χ2v) is 5.75. The SMILES string of the molecule is CCCN(C(=O)N(C)CC)C1CC2CCC(C1)N2. The fourth-order valence-corrected chi connectivity index (χ4v) is 3.31. The molecule has 0 radical (unpaired) electrons. The summed E-state index contributed by atoms with van der Waals surface area (Å²) in [5, 5.41) is 3.65. The van der Waals surface area contributed by atoms with Gasteiger partial charge in [-0.2, -0.15) is 0 Å².